The molecule has 1 aromatic heterocycles. The predicted octanol–water partition coefficient (Wildman–Crippen LogP) is 4.23. The Kier molecular flexibility index (Phi) is 5.26. The molecule has 0 fully saturated rings. The van der Waals surface area contributed by atoms with Gasteiger partial charge in [0.2, 0.25) is 5.95 Å². The van der Waals surface area contributed by atoms with Gasteiger partial charge in [0.1, 0.15) is 0 Å². The summed E-state index contributed by atoms with van der Waals surface area (Å²) in [5.41, 5.74) is 2.04. The first kappa shape index (κ1) is 15.9. The highest BCUT2D eigenvalue weighted by Crippen LogP contribution is 2.26. The van der Waals surface area contributed by atoms with E-state index < -0.39 is 0 Å². The molecule has 114 valence electrons. The Morgan fingerprint density at radius 1 is 1.33 bits per heavy atom. The number of hydrogen-bond donors (Lipinski definition) is 1. The molecule has 0 aliphatic rings. The fourth-order valence-electron chi connectivity index (χ4n) is 2.38. The second kappa shape index (κ2) is 6.96. The third-order valence-corrected chi connectivity index (χ3v) is 3.80. The zero-order valence-electron chi connectivity index (χ0n) is 12.9. The summed E-state index contributed by atoms with van der Waals surface area (Å²) in [6, 6.07) is 8.15. The summed E-state index contributed by atoms with van der Waals surface area (Å²) in [7, 11) is 1.71. The lowest BCUT2D eigenvalue weighted by atomic mass is 10.1. The van der Waals surface area contributed by atoms with Gasteiger partial charge in [-0.1, -0.05) is 29.8 Å². The van der Waals surface area contributed by atoms with Crippen molar-refractivity contribution in [1.29, 1.82) is 0 Å². The number of halogens is 1. The van der Waals surface area contributed by atoms with E-state index in [0.29, 0.717) is 6.61 Å². The van der Waals surface area contributed by atoms with E-state index in [9.17, 15) is 0 Å². The fraction of sp³-hybridized carbons (Fsp3) is 0.438. The molecule has 0 radical (unpaired) electrons. The number of imidazole rings is 1. The molecule has 0 spiro atoms. The van der Waals surface area contributed by atoms with Crippen LogP contribution in [-0.2, 0) is 4.74 Å². The summed E-state index contributed by atoms with van der Waals surface area (Å²) in [5, 5.41) is 4.20. The predicted molar refractivity (Wildman–Crippen MR) is 87.0 cm³/mol. The first-order valence-corrected chi connectivity index (χ1v) is 7.46. The van der Waals surface area contributed by atoms with Crippen molar-refractivity contribution in [1.82, 2.24) is 9.55 Å². The van der Waals surface area contributed by atoms with Gasteiger partial charge in [0, 0.05) is 18.3 Å². The van der Waals surface area contributed by atoms with Crippen molar-refractivity contribution in [2.24, 2.45) is 0 Å². The van der Waals surface area contributed by atoms with Crippen molar-refractivity contribution < 1.29 is 4.74 Å². The molecule has 2 aromatic rings. The van der Waals surface area contributed by atoms with Crippen LogP contribution < -0.4 is 5.32 Å². The second-order valence-electron chi connectivity index (χ2n) is 5.31. The maximum atomic E-state index is 6.26. The highest BCUT2D eigenvalue weighted by Gasteiger charge is 2.15. The molecule has 0 saturated heterocycles. The lowest BCUT2D eigenvalue weighted by Crippen LogP contribution is -2.16. The molecule has 2 atom stereocenters. The molecule has 0 aliphatic carbocycles. The molecule has 0 amide bonds. The van der Waals surface area contributed by atoms with Gasteiger partial charge in [0.15, 0.2) is 0 Å². The summed E-state index contributed by atoms with van der Waals surface area (Å²) >= 11 is 6.26. The Balaban J connectivity index is 2.21. The van der Waals surface area contributed by atoms with Gasteiger partial charge < -0.3 is 14.6 Å². The standard InChI is InChI=1S/C16H22ClN3O/c1-11-9-20(12(2)10-21-4)16(18-11)19-13(3)14-7-5-6-8-15(14)17/h5-9,12-13H,10H2,1-4H3,(H,18,19). The smallest absolute Gasteiger partial charge is 0.203 e. The minimum atomic E-state index is 0.0778. The highest BCUT2D eigenvalue weighted by molar-refractivity contribution is 6.31. The average molecular weight is 308 g/mol. The third kappa shape index (κ3) is 3.77. The fourth-order valence-corrected chi connectivity index (χ4v) is 2.68. The van der Waals surface area contributed by atoms with Crippen LogP contribution in [0.2, 0.25) is 5.02 Å². The van der Waals surface area contributed by atoms with Gasteiger partial charge in [0.05, 0.1) is 24.4 Å². The number of rotatable bonds is 6. The van der Waals surface area contributed by atoms with Gasteiger partial charge in [-0.2, -0.15) is 0 Å². The van der Waals surface area contributed by atoms with Crippen LogP contribution in [0.25, 0.3) is 0 Å². The van der Waals surface area contributed by atoms with E-state index in [0.717, 1.165) is 22.2 Å². The quantitative estimate of drug-likeness (QED) is 0.868. The topological polar surface area (TPSA) is 39.1 Å². The zero-order valence-corrected chi connectivity index (χ0v) is 13.7. The molecule has 0 bridgehead atoms. The lowest BCUT2D eigenvalue weighted by Gasteiger charge is -2.20. The van der Waals surface area contributed by atoms with Crippen molar-refractivity contribution in [3.63, 3.8) is 0 Å². The molecular formula is C16H22ClN3O. The van der Waals surface area contributed by atoms with Crippen LogP contribution in [0.15, 0.2) is 30.5 Å². The van der Waals surface area contributed by atoms with E-state index in [1.54, 1.807) is 7.11 Å². The molecular weight excluding hydrogens is 286 g/mol. The van der Waals surface area contributed by atoms with Crippen LogP contribution in [0.5, 0.6) is 0 Å². The molecule has 4 nitrogen and oxygen atoms in total. The van der Waals surface area contributed by atoms with Gasteiger partial charge in [0.25, 0.3) is 0 Å². The maximum Gasteiger partial charge on any atom is 0.203 e. The summed E-state index contributed by atoms with van der Waals surface area (Å²) < 4.78 is 7.34. The van der Waals surface area contributed by atoms with E-state index in [1.807, 2.05) is 37.4 Å². The summed E-state index contributed by atoms with van der Waals surface area (Å²) in [6.45, 7) is 6.82. The average Bonchev–Trinajstić information content (AvgIpc) is 2.80. The van der Waals surface area contributed by atoms with E-state index in [1.165, 1.54) is 0 Å². The minimum absolute atomic E-state index is 0.0778. The Morgan fingerprint density at radius 3 is 2.71 bits per heavy atom. The molecule has 1 N–H and O–H groups in total. The molecule has 1 heterocycles. The molecule has 0 aliphatic heterocycles. The van der Waals surface area contributed by atoms with Gasteiger partial charge in [-0.3, -0.25) is 0 Å². The summed E-state index contributed by atoms with van der Waals surface area (Å²) in [5.74, 6) is 0.837. The van der Waals surface area contributed by atoms with Crippen LogP contribution in [-0.4, -0.2) is 23.3 Å². The minimum Gasteiger partial charge on any atom is -0.383 e. The van der Waals surface area contributed by atoms with Crippen molar-refractivity contribution in [3.05, 3.63) is 46.7 Å². The van der Waals surface area contributed by atoms with Gasteiger partial charge >= 0.3 is 0 Å². The van der Waals surface area contributed by atoms with E-state index >= 15 is 0 Å². The van der Waals surface area contributed by atoms with E-state index in [2.05, 4.69) is 28.7 Å². The van der Waals surface area contributed by atoms with Crippen molar-refractivity contribution in [3.8, 4) is 0 Å². The summed E-state index contributed by atoms with van der Waals surface area (Å²) in [6.07, 6.45) is 2.03. The maximum absolute atomic E-state index is 6.26. The lowest BCUT2D eigenvalue weighted by molar-refractivity contribution is 0.163. The van der Waals surface area contributed by atoms with E-state index in [4.69, 9.17) is 16.3 Å². The second-order valence-corrected chi connectivity index (χ2v) is 5.71. The number of aryl methyl sites for hydroxylation is 1. The Bertz CT molecular complexity index is 597. The number of nitrogens with zero attached hydrogens (tertiary/aromatic N) is 2. The first-order valence-electron chi connectivity index (χ1n) is 7.08. The molecule has 5 heteroatoms. The van der Waals surface area contributed by atoms with E-state index in [-0.39, 0.29) is 12.1 Å². The third-order valence-electron chi connectivity index (χ3n) is 3.45. The van der Waals surface area contributed by atoms with Crippen molar-refractivity contribution in [2.45, 2.75) is 32.9 Å². The van der Waals surface area contributed by atoms with Gasteiger partial charge in [-0.25, -0.2) is 4.98 Å². The van der Waals surface area contributed by atoms with Crippen LogP contribution in [0.4, 0.5) is 5.95 Å². The Hall–Kier alpha value is -1.52. The van der Waals surface area contributed by atoms with Crippen LogP contribution in [0.3, 0.4) is 0 Å². The number of methoxy groups -OCH3 is 1. The molecule has 1 aromatic carbocycles. The summed E-state index contributed by atoms with van der Waals surface area (Å²) in [4.78, 5) is 4.56. The zero-order chi connectivity index (χ0) is 15.4. The molecule has 21 heavy (non-hydrogen) atoms. The highest BCUT2D eigenvalue weighted by atomic mass is 35.5. The van der Waals surface area contributed by atoms with Crippen LogP contribution in [0.1, 0.15) is 37.2 Å². The van der Waals surface area contributed by atoms with Crippen LogP contribution in [0, 0.1) is 6.92 Å². The largest absolute Gasteiger partial charge is 0.383 e. The van der Waals surface area contributed by atoms with Gasteiger partial charge in [-0.05, 0) is 32.4 Å². The monoisotopic (exact) mass is 307 g/mol. The number of benzene rings is 1. The molecule has 2 rings (SSSR count). The molecule has 0 saturated carbocycles. The first-order chi connectivity index (χ1) is 10.0. The van der Waals surface area contributed by atoms with Crippen LogP contribution >= 0.6 is 11.6 Å². The Morgan fingerprint density at radius 2 is 2.05 bits per heavy atom. The number of ether oxygens (including phenoxy) is 1. The van der Waals surface area contributed by atoms with Crippen molar-refractivity contribution >= 4 is 17.5 Å². The van der Waals surface area contributed by atoms with Gasteiger partial charge in [-0.15, -0.1) is 0 Å². The number of nitrogens with one attached hydrogen (secondary N) is 1. The molecule has 2 unspecified atom stereocenters. The number of anilines is 1. The SMILES string of the molecule is COCC(C)n1cc(C)nc1NC(C)c1ccccc1Cl. The van der Waals surface area contributed by atoms with Crippen molar-refractivity contribution in [2.75, 3.05) is 19.0 Å². The normalized spacial score (nSPS) is 14.0. The number of aromatic nitrogens is 2. The number of hydrogen-bond acceptors (Lipinski definition) is 3. The Labute approximate surface area is 131 Å².